The maximum absolute atomic E-state index is 11.9. The summed E-state index contributed by atoms with van der Waals surface area (Å²) in [7, 11) is 0. The lowest BCUT2D eigenvalue weighted by Crippen LogP contribution is -2.14. The van der Waals surface area contributed by atoms with Crippen molar-refractivity contribution in [2.24, 2.45) is 0 Å². The van der Waals surface area contributed by atoms with Gasteiger partial charge in [-0.1, -0.05) is 23.2 Å². The Bertz CT molecular complexity index is 704. The van der Waals surface area contributed by atoms with Crippen LogP contribution in [0.5, 0.6) is 0 Å². The molecule has 2 rings (SSSR count). The Kier molecular flexibility index (Phi) is 4.65. The molecule has 0 radical (unpaired) electrons. The van der Waals surface area contributed by atoms with Crippen LogP contribution in [0, 0.1) is 11.8 Å². The van der Waals surface area contributed by atoms with Crippen LogP contribution in [0.25, 0.3) is 0 Å². The van der Waals surface area contributed by atoms with Crippen molar-refractivity contribution in [1.29, 1.82) is 0 Å². The van der Waals surface area contributed by atoms with Gasteiger partial charge >= 0.3 is 0 Å². The zero-order valence-corrected chi connectivity index (χ0v) is 11.2. The van der Waals surface area contributed by atoms with Gasteiger partial charge in [0.2, 0.25) is 5.56 Å². The summed E-state index contributed by atoms with van der Waals surface area (Å²) in [6.07, 6.45) is 3.29. The Labute approximate surface area is 118 Å². The van der Waals surface area contributed by atoms with Crippen molar-refractivity contribution >= 4 is 22.4 Å². The fourth-order valence-corrected chi connectivity index (χ4v) is 2.00. The van der Waals surface area contributed by atoms with Gasteiger partial charge in [-0.05, 0) is 6.07 Å². The van der Waals surface area contributed by atoms with Crippen LogP contribution in [0.3, 0.4) is 0 Å². The molecule has 2 heterocycles. The highest BCUT2D eigenvalue weighted by Crippen LogP contribution is 2.17. The maximum atomic E-state index is 11.9. The van der Waals surface area contributed by atoms with Gasteiger partial charge in [0.25, 0.3) is 5.91 Å². The van der Waals surface area contributed by atoms with Crippen LogP contribution >= 0.6 is 11.3 Å². The first-order valence-corrected chi connectivity index (χ1v) is 6.56. The SMILES string of the molecule is O=C(Nc1ncc(C#CCCO)s1)c1ccc(=O)[nH]c1. The molecule has 0 fully saturated rings. The van der Waals surface area contributed by atoms with Gasteiger partial charge < -0.3 is 10.1 Å². The first kappa shape index (κ1) is 14.0. The number of hydrogen-bond acceptors (Lipinski definition) is 5. The summed E-state index contributed by atoms with van der Waals surface area (Å²) in [5.74, 6) is 5.25. The smallest absolute Gasteiger partial charge is 0.258 e. The average molecular weight is 289 g/mol. The van der Waals surface area contributed by atoms with Crippen LogP contribution in [0.15, 0.2) is 29.3 Å². The van der Waals surface area contributed by atoms with Crippen molar-refractivity contribution in [3.05, 3.63) is 45.3 Å². The Hall–Kier alpha value is -2.43. The van der Waals surface area contributed by atoms with Gasteiger partial charge in [-0.3, -0.25) is 14.9 Å². The van der Waals surface area contributed by atoms with Crippen LogP contribution in [0.4, 0.5) is 5.13 Å². The summed E-state index contributed by atoms with van der Waals surface area (Å²) in [6.45, 7) is 0.0155. The maximum Gasteiger partial charge on any atom is 0.258 e. The summed E-state index contributed by atoms with van der Waals surface area (Å²) < 4.78 is 0. The number of hydrogen-bond donors (Lipinski definition) is 3. The molecule has 7 heteroatoms. The lowest BCUT2D eigenvalue weighted by molar-refractivity contribution is 0.102. The van der Waals surface area contributed by atoms with E-state index in [0.717, 1.165) is 0 Å². The zero-order chi connectivity index (χ0) is 14.4. The Morgan fingerprint density at radius 1 is 1.50 bits per heavy atom. The predicted octanol–water partition coefficient (Wildman–Crippen LogP) is 0.818. The molecule has 0 saturated heterocycles. The molecule has 6 nitrogen and oxygen atoms in total. The number of amides is 1. The van der Waals surface area contributed by atoms with Crippen LogP contribution in [-0.2, 0) is 0 Å². The number of anilines is 1. The van der Waals surface area contributed by atoms with Gasteiger partial charge in [0.15, 0.2) is 5.13 Å². The van der Waals surface area contributed by atoms with E-state index in [2.05, 4.69) is 27.1 Å². The third kappa shape index (κ3) is 3.78. The number of H-pyrrole nitrogens is 1. The average Bonchev–Trinajstić information content (AvgIpc) is 2.87. The topological polar surface area (TPSA) is 95.1 Å². The summed E-state index contributed by atoms with van der Waals surface area (Å²) in [5.41, 5.74) is 0.0740. The number of aromatic amines is 1. The van der Waals surface area contributed by atoms with Crippen molar-refractivity contribution in [3.8, 4) is 11.8 Å². The van der Waals surface area contributed by atoms with Crippen molar-refractivity contribution in [1.82, 2.24) is 9.97 Å². The number of nitrogens with one attached hydrogen (secondary N) is 2. The van der Waals surface area contributed by atoms with E-state index >= 15 is 0 Å². The lowest BCUT2D eigenvalue weighted by atomic mass is 10.3. The molecular weight excluding hydrogens is 278 g/mol. The second-order valence-corrected chi connectivity index (χ2v) is 4.73. The molecule has 0 aliphatic carbocycles. The van der Waals surface area contributed by atoms with E-state index in [1.807, 2.05) is 0 Å². The molecular formula is C13H11N3O3S. The highest BCUT2D eigenvalue weighted by atomic mass is 32.1. The standard InChI is InChI=1S/C13H11N3O3S/c17-6-2-1-3-10-8-15-13(20-10)16-12(19)9-4-5-11(18)14-7-9/h4-5,7-8,17H,2,6H2,(H,14,18)(H,15,16,19). The van der Waals surface area contributed by atoms with Crippen molar-refractivity contribution in [3.63, 3.8) is 0 Å². The van der Waals surface area contributed by atoms with Crippen molar-refractivity contribution in [2.45, 2.75) is 6.42 Å². The fourth-order valence-electron chi connectivity index (χ4n) is 1.32. The monoisotopic (exact) mass is 289 g/mol. The third-order valence-corrected chi connectivity index (χ3v) is 3.05. The zero-order valence-electron chi connectivity index (χ0n) is 10.3. The minimum absolute atomic E-state index is 0.0155. The molecule has 3 N–H and O–H groups in total. The molecule has 102 valence electrons. The van der Waals surface area contributed by atoms with Crippen LogP contribution in [-0.4, -0.2) is 27.6 Å². The molecule has 0 aliphatic rings. The fraction of sp³-hybridized carbons (Fsp3) is 0.154. The van der Waals surface area contributed by atoms with E-state index in [4.69, 9.17) is 5.11 Å². The van der Waals surface area contributed by atoms with Gasteiger partial charge in [0.05, 0.1) is 23.2 Å². The van der Waals surface area contributed by atoms with Gasteiger partial charge in [-0.2, -0.15) is 0 Å². The van der Waals surface area contributed by atoms with Crippen LogP contribution < -0.4 is 10.9 Å². The Morgan fingerprint density at radius 3 is 3.05 bits per heavy atom. The largest absolute Gasteiger partial charge is 0.395 e. The number of pyridine rings is 1. The molecule has 0 spiro atoms. The molecule has 0 aromatic carbocycles. The van der Waals surface area contributed by atoms with Gasteiger partial charge in [-0.25, -0.2) is 4.98 Å². The third-order valence-electron chi connectivity index (χ3n) is 2.22. The van der Waals surface area contributed by atoms with Crippen molar-refractivity contribution < 1.29 is 9.90 Å². The minimum Gasteiger partial charge on any atom is -0.395 e. The number of aromatic nitrogens is 2. The highest BCUT2D eigenvalue weighted by molar-refractivity contribution is 7.16. The number of carbonyl (C=O) groups excluding carboxylic acids is 1. The first-order chi connectivity index (χ1) is 9.69. The lowest BCUT2D eigenvalue weighted by Gasteiger charge is -1.99. The number of rotatable bonds is 3. The van der Waals surface area contributed by atoms with E-state index in [9.17, 15) is 9.59 Å². The van der Waals surface area contributed by atoms with E-state index in [0.29, 0.717) is 22.0 Å². The number of nitrogens with zero attached hydrogens (tertiary/aromatic N) is 1. The molecule has 20 heavy (non-hydrogen) atoms. The summed E-state index contributed by atoms with van der Waals surface area (Å²) in [6, 6.07) is 2.71. The Morgan fingerprint density at radius 2 is 2.35 bits per heavy atom. The molecule has 1 amide bonds. The van der Waals surface area contributed by atoms with E-state index in [1.54, 1.807) is 6.20 Å². The number of carbonyl (C=O) groups is 1. The van der Waals surface area contributed by atoms with Gasteiger partial charge in [-0.15, -0.1) is 0 Å². The summed E-state index contributed by atoms with van der Waals surface area (Å²) in [5, 5.41) is 11.7. The van der Waals surface area contributed by atoms with Gasteiger partial charge in [0, 0.05) is 18.7 Å². The number of thiazole rings is 1. The first-order valence-electron chi connectivity index (χ1n) is 5.74. The second-order valence-electron chi connectivity index (χ2n) is 3.70. The van der Waals surface area contributed by atoms with Gasteiger partial charge in [0.1, 0.15) is 0 Å². The molecule has 0 unspecified atom stereocenters. The molecule has 0 saturated carbocycles. The number of aliphatic hydroxyl groups is 1. The molecule has 0 atom stereocenters. The van der Waals surface area contributed by atoms with Crippen molar-refractivity contribution in [2.75, 3.05) is 11.9 Å². The van der Waals surface area contributed by atoms with Crippen LogP contribution in [0.2, 0.25) is 0 Å². The summed E-state index contributed by atoms with van der Waals surface area (Å²) in [4.78, 5) is 29.9. The minimum atomic E-state index is -0.356. The summed E-state index contributed by atoms with van der Waals surface area (Å²) >= 11 is 1.24. The molecule has 2 aromatic heterocycles. The predicted molar refractivity (Wildman–Crippen MR) is 75.7 cm³/mol. The van der Waals surface area contributed by atoms with E-state index in [1.165, 1.54) is 29.7 Å². The van der Waals surface area contributed by atoms with Crippen LogP contribution in [0.1, 0.15) is 21.7 Å². The molecule has 0 aliphatic heterocycles. The second kappa shape index (κ2) is 6.65. The van der Waals surface area contributed by atoms with E-state index in [-0.39, 0.29) is 18.1 Å². The highest BCUT2D eigenvalue weighted by Gasteiger charge is 2.08. The normalized spacial score (nSPS) is 9.65. The molecule has 2 aromatic rings. The van der Waals surface area contributed by atoms with E-state index < -0.39 is 0 Å². The molecule has 0 bridgehead atoms. The Balaban J connectivity index is 2.03. The quantitative estimate of drug-likeness (QED) is 0.729. The number of aliphatic hydroxyl groups excluding tert-OH is 1.